The topological polar surface area (TPSA) is 74.6 Å². The molecule has 0 fully saturated rings. The van der Waals surface area contributed by atoms with Crippen LogP contribution >= 0.6 is 0 Å². The first kappa shape index (κ1) is 13.5. The second-order valence-corrected chi connectivity index (χ2v) is 6.65. The van der Waals surface area contributed by atoms with Gasteiger partial charge in [0.1, 0.15) is 11.5 Å². The van der Waals surface area contributed by atoms with Crippen LogP contribution in [0.1, 0.15) is 67.6 Å². The summed E-state index contributed by atoms with van der Waals surface area (Å²) in [5.41, 5.74) is 1.70. The second-order valence-electron chi connectivity index (χ2n) is 6.65. The first-order valence-electron chi connectivity index (χ1n) is 8.08. The molecule has 0 unspecified atom stereocenters. The fourth-order valence-electron chi connectivity index (χ4n) is 4.40. The predicted molar refractivity (Wildman–Crippen MR) is 86.9 cm³/mol. The van der Waals surface area contributed by atoms with E-state index in [-0.39, 0.29) is 45.6 Å². The van der Waals surface area contributed by atoms with Gasteiger partial charge in [-0.15, -0.1) is 0 Å². The molecule has 2 aromatic rings. The highest BCUT2D eigenvalue weighted by Crippen LogP contribution is 2.55. The summed E-state index contributed by atoms with van der Waals surface area (Å²) in [4.78, 5) is 25.8. The maximum Gasteiger partial charge on any atom is 0.198 e. The number of aromatic hydroxyl groups is 2. The van der Waals surface area contributed by atoms with E-state index in [9.17, 15) is 19.8 Å². The van der Waals surface area contributed by atoms with Gasteiger partial charge >= 0.3 is 0 Å². The van der Waals surface area contributed by atoms with E-state index in [2.05, 4.69) is 0 Å². The average Bonchev–Trinajstić information content (AvgIpc) is 2.63. The molecule has 0 heterocycles. The Morgan fingerprint density at radius 1 is 0.750 bits per heavy atom. The molecule has 2 N–H and O–H groups in total. The van der Waals surface area contributed by atoms with Gasteiger partial charge in [0.25, 0.3) is 0 Å². The quantitative estimate of drug-likeness (QED) is 0.492. The lowest BCUT2D eigenvalue weighted by molar-refractivity contribution is 0.0973. The molecule has 118 valence electrons. The number of ketones is 2. The van der Waals surface area contributed by atoms with Crippen LogP contribution in [0.25, 0.3) is 0 Å². The summed E-state index contributed by atoms with van der Waals surface area (Å²) < 4.78 is 0. The Hall–Kier alpha value is -2.88. The van der Waals surface area contributed by atoms with Crippen molar-refractivity contribution in [2.75, 3.05) is 0 Å². The summed E-state index contributed by atoms with van der Waals surface area (Å²) in [5, 5.41) is 21.6. The fraction of sp³-hybridized carbons (Fsp3) is 0.200. The smallest absolute Gasteiger partial charge is 0.198 e. The summed E-state index contributed by atoms with van der Waals surface area (Å²) >= 11 is 0. The molecule has 24 heavy (non-hydrogen) atoms. The molecular weight excluding hydrogens is 304 g/mol. The number of carbonyl (C=O) groups excluding carboxylic acids is 2. The number of carbonyl (C=O) groups is 2. The van der Waals surface area contributed by atoms with Crippen molar-refractivity contribution < 1.29 is 19.8 Å². The Labute approximate surface area is 138 Å². The molecule has 4 heteroatoms. The van der Waals surface area contributed by atoms with Crippen LogP contribution in [-0.2, 0) is 0 Å². The number of hydrogen-bond donors (Lipinski definition) is 2. The Balaban J connectivity index is 1.89. The zero-order valence-corrected chi connectivity index (χ0v) is 12.7. The fourth-order valence-corrected chi connectivity index (χ4v) is 4.40. The molecule has 4 aliphatic rings. The van der Waals surface area contributed by atoms with Crippen LogP contribution in [0.3, 0.4) is 0 Å². The van der Waals surface area contributed by atoms with E-state index in [4.69, 9.17) is 0 Å². The van der Waals surface area contributed by atoms with Crippen molar-refractivity contribution in [3.8, 4) is 11.5 Å². The zero-order chi connectivity index (χ0) is 16.6. The van der Waals surface area contributed by atoms with Gasteiger partial charge in [0.05, 0.1) is 11.1 Å². The zero-order valence-electron chi connectivity index (χ0n) is 12.7. The lowest BCUT2D eigenvalue weighted by Crippen LogP contribution is -2.25. The van der Waals surface area contributed by atoms with Gasteiger partial charge < -0.3 is 10.2 Å². The van der Waals surface area contributed by atoms with Gasteiger partial charge in [-0.05, 0) is 12.8 Å². The number of hydrogen-bond acceptors (Lipinski definition) is 4. The molecule has 0 saturated heterocycles. The normalized spacial score (nSPS) is 23.0. The number of phenols is 2. The van der Waals surface area contributed by atoms with E-state index in [0.717, 1.165) is 12.8 Å². The van der Waals surface area contributed by atoms with Crippen molar-refractivity contribution in [1.82, 2.24) is 0 Å². The van der Waals surface area contributed by atoms with Crippen molar-refractivity contribution >= 4 is 11.6 Å². The van der Waals surface area contributed by atoms with Gasteiger partial charge in [-0.1, -0.05) is 36.4 Å². The van der Waals surface area contributed by atoms with Crippen LogP contribution in [0.4, 0.5) is 0 Å². The summed E-state index contributed by atoms with van der Waals surface area (Å²) in [6, 6.07) is 6.55. The molecule has 0 aliphatic heterocycles. The molecule has 0 spiro atoms. The summed E-state index contributed by atoms with van der Waals surface area (Å²) in [7, 11) is 0. The molecule has 2 atom stereocenters. The minimum Gasteiger partial charge on any atom is -0.507 e. The maximum atomic E-state index is 12.9. The minimum atomic E-state index is -0.402. The Morgan fingerprint density at radius 2 is 1.17 bits per heavy atom. The Morgan fingerprint density at radius 3 is 1.54 bits per heavy atom. The Kier molecular flexibility index (Phi) is 2.46. The van der Waals surface area contributed by atoms with Crippen LogP contribution in [-0.4, -0.2) is 21.8 Å². The van der Waals surface area contributed by atoms with E-state index >= 15 is 0 Å². The molecule has 2 aromatic carbocycles. The highest BCUT2D eigenvalue weighted by Gasteiger charge is 2.42. The molecule has 0 radical (unpaired) electrons. The van der Waals surface area contributed by atoms with Gasteiger partial charge in [-0.3, -0.25) is 9.59 Å². The molecule has 4 aliphatic carbocycles. The third-order valence-electron chi connectivity index (χ3n) is 5.50. The van der Waals surface area contributed by atoms with Gasteiger partial charge in [0.2, 0.25) is 0 Å². The van der Waals surface area contributed by atoms with E-state index in [1.807, 2.05) is 12.2 Å². The summed E-state index contributed by atoms with van der Waals surface area (Å²) in [6.07, 6.45) is 5.79. The van der Waals surface area contributed by atoms with Gasteiger partial charge in [0, 0.05) is 34.1 Å². The van der Waals surface area contributed by atoms with E-state index in [1.54, 1.807) is 24.3 Å². The SMILES string of the molecule is O=C1c2ccccc2C(=O)c2c(O)c3c(c(O)c21)[C@H]1C=C[C@H]3CC1. The first-order valence-corrected chi connectivity index (χ1v) is 8.08. The van der Waals surface area contributed by atoms with Crippen molar-refractivity contribution in [1.29, 1.82) is 0 Å². The first-order chi connectivity index (χ1) is 11.6. The minimum absolute atomic E-state index is 0.0127. The lowest BCUT2D eigenvalue weighted by atomic mass is 9.68. The number of allylic oxidation sites excluding steroid dienone is 2. The van der Waals surface area contributed by atoms with Crippen LogP contribution in [0, 0.1) is 0 Å². The molecule has 0 amide bonds. The van der Waals surface area contributed by atoms with E-state index < -0.39 is 11.6 Å². The number of fused-ring (bicyclic) bond motifs is 3. The number of phenolic OH excluding ortho intramolecular Hbond substituents is 2. The summed E-state index contributed by atoms with van der Waals surface area (Å²) in [5.74, 6) is -1.10. The molecule has 4 nitrogen and oxygen atoms in total. The standard InChI is InChI=1S/C20H14O4/c21-17-11-3-1-2-4-12(11)18(22)16-15(17)19(23)13-9-5-7-10(8-6-9)14(13)20(16)24/h1-5,7,9-10,23-24H,6,8H2/t9-,10-/m0/s1. The predicted octanol–water partition coefficient (Wildman–Crippen LogP) is 3.40. The Bertz CT molecular complexity index is 906. The van der Waals surface area contributed by atoms with Crippen molar-refractivity contribution in [2.24, 2.45) is 0 Å². The van der Waals surface area contributed by atoms with Crippen LogP contribution in [0.5, 0.6) is 11.5 Å². The molecule has 2 bridgehead atoms. The highest BCUT2D eigenvalue weighted by atomic mass is 16.3. The molecular formula is C20H14O4. The number of benzene rings is 2. The third kappa shape index (κ3) is 1.44. The van der Waals surface area contributed by atoms with Gasteiger partial charge in [-0.25, -0.2) is 0 Å². The lowest BCUT2D eigenvalue weighted by Gasteiger charge is -2.36. The summed E-state index contributed by atoms with van der Waals surface area (Å²) in [6.45, 7) is 0. The van der Waals surface area contributed by atoms with Crippen molar-refractivity contribution in [3.63, 3.8) is 0 Å². The average molecular weight is 318 g/mol. The van der Waals surface area contributed by atoms with Gasteiger partial charge in [0.15, 0.2) is 11.6 Å². The number of rotatable bonds is 0. The second kappa shape index (κ2) is 4.35. The van der Waals surface area contributed by atoms with Crippen LogP contribution in [0.15, 0.2) is 36.4 Å². The van der Waals surface area contributed by atoms with Gasteiger partial charge in [-0.2, -0.15) is 0 Å². The highest BCUT2D eigenvalue weighted by molar-refractivity contribution is 6.30. The van der Waals surface area contributed by atoms with E-state index in [0.29, 0.717) is 11.1 Å². The molecule has 6 rings (SSSR count). The monoisotopic (exact) mass is 318 g/mol. The van der Waals surface area contributed by atoms with Crippen molar-refractivity contribution in [2.45, 2.75) is 24.7 Å². The molecule has 0 saturated carbocycles. The largest absolute Gasteiger partial charge is 0.507 e. The van der Waals surface area contributed by atoms with Crippen LogP contribution < -0.4 is 0 Å². The molecule has 0 aromatic heterocycles. The van der Waals surface area contributed by atoms with E-state index in [1.165, 1.54) is 0 Å². The third-order valence-corrected chi connectivity index (χ3v) is 5.50. The maximum absolute atomic E-state index is 12.9. The van der Waals surface area contributed by atoms with Crippen molar-refractivity contribution in [3.05, 3.63) is 69.8 Å². The van der Waals surface area contributed by atoms with Crippen LogP contribution in [0.2, 0.25) is 0 Å².